The Hall–Kier alpha value is -2.21. The Labute approximate surface area is 141 Å². The molecule has 1 amide bonds. The van der Waals surface area contributed by atoms with E-state index in [0.29, 0.717) is 30.5 Å². The first-order valence-corrected chi connectivity index (χ1v) is 8.41. The van der Waals surface area contributed by atoms with Gasteiger partial charge in [-0.1, -0.05) is 13.0 Å². The molecular weight excluding hydrogens is 306 g/mol. The van der Waals surface area contributed by atoms with Crippen LogP contribution in [0.2, 0.25) is 0 Å². The van der Waals surface area contributed by atoms with E-state index in [1.807, 2.05) is 18.2 Å². The van der Waals surface area contributed by atoms with Crippen LogP contribution in [0.5, 0.6) is 0 Å². The molecule has 3 rings (SSSR count). The van der Waals surface area contributed by atoms with Crippen LogP contribution in [0.1, 0.15) is 32.4 Å². The van der Waals surface area contributed by atoms with Crippen LogP contribution in [0.25, 0.3) is 0 Å². The molecule has 1 aromatic rings. The average Bonchev–Trinajstić information content (AvgIpc) is 2.85. The van der Waals surface area contributed by atoms with Crippen molar-refractivity contribution >= 4 is 11.9 Å². The van der Waals surface area contributed by atoms with Gasteiger partial charge in [0.1, 0.15) is 5.60 Å². The summed E-state index contributed by atoms with van der Waals surface area (Å²) in [5.41, 5.74) is 0.947. The van der Waals surface area contributed by atoms with E-state index in [-0.39, 0.29) is 11.9 Å². The number of amides is 1. The van der Waals surface area contributed by atoms with E-state index in [1.165, 1.54) is 0 Å². The molecule has 2 aliphatic heterocycles. The molecular formula is C18H23N3O3. The molecule has 1 saturated heterocycles. The van der Waals surface area contributed by atoms with Gasteiger partial charge in [0.25, 0.3) is 5.91 Å². The molecule has 24 heavy (non-hydrogen) atoms. The van der Waals surface area contributed by atoms with Crippen LogP contribution in [0, 0.1) is 0 Å². The molecule has 0 bridgehead atoms. The number of ether oxygens (including phenoxy) is 1. The molecule has 128 valence electrons. The van der Waals surface area contributed by atoms with Crippen molar-refractivity contribution in [2.45, 2.75) is 38.8 Å². The third-order valence-corrected chi connectivity index (χ3v) is 4.92. The summed E-state index contributed by atoms with van der Waals surface area (Å²) in [7, 11) is 0. The molecule has 1 aromatic heterocycles. The van der Waals surface area contributed by atoms with Gasteiger partial charge in [-0.05, 0) is 25.6 Å². The van der Waals surface area contributed by atoms with Crippen molar-refractivity contribution in [1.82, 2.24) is 15.2 Å². The van der Waals surface area contributed by atoms with Crippen LogP contribution in [0.4, 0.5) is 0 Å². The van der Waals surface area contributed by atoms with Crippen molar-refractivity contribution in [3.8, 4) is 0 Å². The summed E-state index contributed by atoms with van der Waals surface area (Å²) in [4.78, 5) is 31.4. The summed E-state index contributed by atoms with van der Waals surface area (Å²) < 4.78 is 5.66. The summed E-state index contributed by atoms with van der Waals surface area (Å²) in [5, 5.41) is 2.88. The highest BCUT2D eigenvalue weighted by atomic mass is 16.6. The Morgan fingerprint density at radius 3 is 2.75 bits per heavy atom. The largest absolute Gasteiger partial charge is 0.450 e. The molecule has 6 nitrogen and oxygen atoms in total. The maximum atomic E-state index is 12.8. The van der Waals surface area contributed by atoms with Crippen LogP contribution in [0.3, 0.4) is 0 Å². The summed E-state index contributed by atoms with van der Waals surface area (Å²) in [6.45, 7) is 6.75. The van der Waals surface area contributed by atoms with Gasteiger partial charge in [0.05, 0.1) is 17.8 Å². The summed E-state index contributed by atoms with van der Waals surface area (Å²) in [6.07, 6.45) is 3.02. The molecule has 0 atom stereocenters. The minimum Gasteiger partial charge on any atom is -0.450 e. The van der Waals surface area contributed by atoms with E-state index in [4.69, 9.17) is 4.74 Å². The zero-order valence-electron chi connectivity index (χ0n) is 14.2. The molecule has 1 spiro atoms. The Balaban J connectivity index is 1.75. The zero-order valence-corrected chi connectivity index (χ0v) is 14.2. The van der Waals surface area contributed by atoms with E-state index in [0.717, 1.165) is 25.3 Å². The topological polar surface area (TPSA) is 71.5 Å². The van der Waals surface area contributed by atoms with Gasteiger partial charge in [-0.15, -0.1) is 0 Å². The fraction of sp³-hybridized carbons (Fsp3) is 0.500. The maximum absolute atomic E-state index is 12.8. The Bertz CT molecular complexity index is 661. The number of hydrogen-bond donors (Lipinski definition) is 1. The second-order valence-electron chi connectivity index (χ2n) is 6.32. The number of pyridine rings is 1. The first kappa shape index (κ1) is 16.6. The quantitative estimate of drug-likeness (QED) is 0.846. The van der Waals surface area contributed by atoms with Crippen molar-refractivity contribution in [3.05, 3.63) is 41.2 Å². The number of carbonyl (C=O) groups excluding carboxylic acids is 2. The third-order valence-electron chi connectivity index (χ3n) is 4.92. The van der Waals surface area contributed by atoms with Crippen LogP contribution in [-0.4, -0.2) is 47.0 Å². The van der Waals surface area contributed by atoms with Gasteiger partial charge < -0.3 is 15.0 Å². The molecule has 0 radical (unpaired) electrons. The number of hydrogen-bond acceptors (Lipinski definition) is 5. The predicted molar refractivity (Wildman–Crippen MR) is 89.0 cm³/mol. The molecule has 1 fully saturated rings. The molecule has 6 heteroatoms. The van der Waals surface area contributed by atoms with E-state index < -0.39 is 5.60 Å². The predicted octanol–water partition coefficient (Wildman–Crippen LogP) is 1.43. The lowest BCUT2D eigenvalue weighted by molar-refractivity contribution is -0.150. The smallest absolute Gasteiger partial charge is 0.335 e. The third kappa shape index (κ3) is 3.06. The highest BCUT2D eigenvalue weighted by Crippen LogP contribution is 2.40. The number of nitrogens with one attached hydrogen (secondary N) is 1. The van der Waals surface area contributed by atoms with Crippen LogP contribution < -0.4 is 5.32 Å². The maximum Gasteiger partial charge on any atom is 0.335 e. The summed E-state index contributed by atoms with van der Waals surface area (Å²) in [6, 6.07) is 5.56. The number of carbonyl (C=O) groups is 2. The van der Waals surface area contributed by atoms with Crippen LogP contribution in [0.15, 0.2) is 35.5 Å². The standard InChI is InChI=1S/C18H23N3O3/c1-3-21-10-7-18(8-11-21)15(13(2)17(23)24-18)16(22)20-12-14-6-4-5-9-19-14/h4-6,9H,3,7-8,10-12H2,1-2H3,(H,20,22). The van der Waals surface area contributed by atoms with Gasteiger partial charge in [0.2, 0.25) is 0 Å². The second kappa shape index (κ2) is 6.73. The monoisotopic (exact) mass is 329 g/mol. The Morgan fingerprint density at radius 1 is 1.38 bits per heavy atom. The SMILES string of the molecule is CCN1CCC2(CC1)OC(=O)C(C)=C2C(=O)NCc1ccccn1. The highest BCUT2D eigenvalue weighted by molar-refractivity contribution is 6.07. The minimum absolute atomic E-state index is 0.228. The lowest BCUT2D eigenvalue weighted by Gasteiger charge is -2.38. The number of aromatic nitrogens is 1. The zero-order chi connectivity index (χ0) is 17.2. The van der Waals surface area contributed by atoms with Gasteiger partial charge in [-0.2, -0.15) is 0 Å². The molecule has 0 aromatic carbocycles. The molecule has 0 unspecified atom stereocenters. The number of esters is 1. The fourth-order valence-corrected chi connectivity index (χ4v) is 3.47. The molecule has 3 heterocycles. The van der Waals surface area contributed by atoms with E-state index in [2.05, 4.69) is 22.1 Å². The molecule has 0 saturated carbocycles. The number of likely N-dealkylation sites (tertiary alicyclic amines) is 1. The van der Waals surface area contributed by atoms with Crippen LogP contribution in [-0.2, 0) is 20.9 Å². The van der Waals surface area contributed by atoms with E-state index in [1.54, 1.807) is 13.1 Å². The molecule has 1 N–H and O–H groups in total. The average molecular weight is 329 g/mol. The van der Waals surface area contributed by atoms with Gasteiger partial charge in [-0.3, -0.25) is 9.78 Å². The van der Waals surface area contributed by atoms with E-state index >= 15 is 0 Å². The van der Waals surface area contributed by atoms with Crippen molar-refractivity contribution in [2.75, 3.05) is 19.6 Å². The fourth-order valence-electron chi connectivity index (χ4n) is 3.47. The Morgan fingerprint density at radius 2 is 2.12 bits per heavy atom. The van der Waals surface area contributed by atoms with Crippen LogP contribution >= 0.6 is 0 Å². The first-order chi connectivity index (χ1) is 11.6. The first-order valence-electron chi connectivity index (χ1n) is 8.41. The van der Waals surface area contributed by atoms with Gasteiger partial charge >= 0.3 is 5.97 Å². The number of rotatable bonds is 4. The van der Waals surface area contributed by atoms with Crippen molar-refractivity contribution in [3.63, 3.8) is 0 Å². The number of piperidine rings is 1. The second-order valence-corrected chi connectivity index (χ2v) is 6.32. The normalized spacial score (nSPS) is 20.3. The van der Waals surface area contributed by atoms with Crippen molar-refractivity contribution in [1.29, 1.82) is 0 Å². The van der Waals surface area contributed by atoms with E-state index in [9.17, 15) is 9.59 Å². The van der Waals surface area contributed by atoms with Crippen molar-refractivity contribution in [2.24, 2.45) is 0 Å². The number of nitrogens with zero attached hydrogens (tertiary/aromatic N) is 2. The van der Waals surface area contributed by atoms with Gasteiger partial charge in [0, 0.05) is 37.7 Å². The van der Waals surface area contributed by atoms with Gasteiger partial charge in [0.15, 0.2) is 0 Å². The summed E-state index contributed by atoms with van der Waals surface area (Å²) >= 11 is 0. The Kier molecular flexibility index (Phi) is 4.66. The lowest BCUT2D eigenvalue weighted by atomic mass is 9.82. The molecule has 2 aliphatic rings. The molecule has 0 aliphatic carbocycles. The lowest BCUT2D eigenvalue weighted by Crippen LogP contribution is -2.48. The van der Waals surface area contributed by atoms with Crippen molar-refractivity contribution < 1.29 is 14.3 Å². The minimum atomic E-state index is -0.763. The van der Waals surface area contributed by atoms with Gasteiger partial charge in [-0.25, -0.2) is 4.79 Å². The summed E-state index contributed by atoms with van der Waals surface area (Å²) in [5.74, 6) is -0.600. The highest BCUT2D eigenvalue weighted by Gasteiger charge is 2.50.